The topological polar surface area (TPSA) is 43.1 Å². The predicted molar refractivity (Wildman–Crippen MR) is 29.8 cm³/mol. The van der Waals surface area contributed by atoms with Crippen LogP contribution >= 0.6 is 11.3 Å². The molecule has 1 aromatic rings. The van der Waals surface area contributed by atoms with Crippen molar-refractivity contribution in [1.82, 2.24) is 0 Å². The van der Waals surface area contributed by atoms with E-state index >= 15 is 0 Å². The van der Waals surface area contributed by atoms with E-state index in [4.69, 9.17) is 0 Å². The minimum Gasteiger partial charge on any atom is -0.258 e. The summed E-state index contributed by atoms with van der Waals surface area (Å²) in [5, 5.41) is 12.8. The van der Waals surface area contributed by atoms with E-state index in [0.29, 0.717) is 0 Å². The van der Waals surface area contributed by atoms with Crippen molar-refractivity contribution in [2.24, 2.45) is 0 Å². The van der Waals surface area contributed by atoms with Gasteiger partial charge in [0, 0.05) is 5.38 Å². The molecule has 4 heteroatoms. The molecular formula is C4H2NO2S. The van der Waals surface area contributed by atoms with Crippen molar-refractivity contribution in [3.8, 4) is 0 Å². The Hall–Kier alpha value is -0.900. The van der Waals surface area contributed by atoms with E-state index in [9.17, 15) is 10.1 Å². The molecular weight excluding hydrogens is 126 g/mol. The molecule has 0 aliphatic heterocycles. The highest BCUT2D eigenvalue weighted by atomic mass is 32.1. The third-order valence-electron chi connectivity index (χ3n) is 0.651. The van der Waals surface area contributed by atoms with Crippen molar-refractivity contribution >= 4 is 17.0 Å². The molecule has 0 fully saturated rings. The highest BCUT2D eigenvalue weighted by Crippen LogP contribution is 2.12. The molecule has 0 aliphatic rings. The maximum absolute atomic E-state index is 9.84. The molecule has 8 heavy (non-hydrogen) atoms. The van der Waals surface area contributed by atoms with Crippen LogP contribution in [0, 0.1) is 16.2 Å². The van der Waals surface area contributed by atoms with Crippen LogP contribution in [-0.2, 0) is 0 Å². The summed E-state index contributed by atoms with van der Waals surface area (Å²) in [5.74, 6) is 0. The molecule has 0 aliphatic carbocycles. The molecule has 0 saturated carbocycles. The van der Waals surface area contributed by atoms with E-state index in [2.05, 4.69) is 6.07 Å². The Labute approximate surface area is 49.7 Å². The molecule has 0 bridgehead atoms. The quantitative estimate of drug-likeness (QED) is 0.424. The van der Waals surface area contributed by atoms with Crippen molar-refractivity contribution in [3.63, 3.8) is 0 Å². The zero-order valence-corrected chi connectivity index (χ0v) is 4.64. The summed E-state index contributed by atoms with van der Waals surface area (Å²) >= 11 is 1.27. The van der Waals surface area contributed by atoms with Crippen molar-refractivity contribution in [2.45, 2.75) is 0 Å². The maximum atomic E-state index is 9.84. The highest BCUT2D eigenvalue weighted by Gasteiger charge is 2.01. The second-order valence-electron chi connectivity index (χ2n) is 1.16. The van der Waals surface area contributed by atoms with Crippen LogP contribution < -0.4 is 0 Å². The van der Waals surface area contributed by atoms with Gasteiger partial charge in [-0.1, -0.05) is 0 Å². The van der Waals surface area contributed by atoms with Gasteiger partial charge in [0.25, 0.3) is 5.69 Å². The van der Waals surface area contributed by atoms with E-state index in [1.807, 2.05) is 0 Å². The zero-order valence-electron chi connectivity index (χ0n) is 3.83. The smallest absolute Gasteiger partial charge is 0.258 e. The molecule has 0 aromatic carbocycles. The van der Waals surface area contributed by atoms with Crippen LogP contribution in [0.2, 0.25) is 0 Å². The van der Waals surface area contributed by atoms with Gasteiger partial charge in [0.1, 0.15) is 0 Å². The minimum absolute atomic E-state index is 0.0509. The Balaban J connectivity index is 2.93. The average Bonchev–Trinajstić information content (AvgIpc) is 2.12. The maximum Gasteiger partial charge on any atom is 0.288 e. The fraction of sp³-hybridized carbons (Fsp3) is 0. The molecule has 0 N–H and O–H groups in total. The lowest BCUT2D eigenvalue weighted by atomic mass is 10.6. The number of nitro groups is 1. The Morgan fingerprint density at radius 1 is 1.88 bits per heavy atom. The first-order chi connectivity index (χ1) is 3.80. The monoisotopic (exact) mass is 128 g/mol. The number of hydrogen-bond acceptors (Lipinski definition) is 3. The first-order valence-electron chi connectivity index (χ1n) is 1.89. The molecule has 0 spiro atoms. The largest absolute Gasteiger partial charge is 0.288 e. The molecule has 1 rings (SSSR count). The minimum atomic E-state index is -0.462. The Morgan fingerprint density at radius 2 is 2.62 bits per heavy atom. The summed E-state index contributed by atoms with van der Waals surface area (Å²) in [7, 11) is 0. The zero-order chi connectivity index (χ0) is 5.98. The first kappa shape index (κ1) is 5.24. The predicted octanol–water partition coefficient (Wildman–Crippen LogP) is 1.46. The highest BCUT2D eigenvalue weighted by molar-refractivity contribution is 7.08. The molecule has 0 saturated heterocycles. The van der Waals surface area contributed by atoms with Crippen LogP contribution in [0.3, 0.4) is 0 Å². The summed E-state index contributed by atoms with van der Waals surface area (Å²) in [6.45, 7) is 0. The van der Waals surface area contributed by atoms with Gasteiger partial charge in [-0.15, -0.1) is 11.3 Å². The number of nitrogens with zero attached hydrogens (tertiary/aromatic N) is 1. The number of thiophene rings is 1. The van der Waals surface area contributed by atoms with Gasteiger partial charge in [-0.3, -0.25) is 10.1 Å². The number of hydrogen-bond donors (Lipinski definition) is 0. The standard InChI is InChI=1S/C4H2NO2S/c6-5(7)4-1-2-8-3-4/h2-3H. The van der Waals surface area contributed by atoms with Gasteiger partial charge >= 0.3 is 0 Å². The van der Waals surface area contributed by atoms with Gasteiger partial charge < -0.3 is 0 Å². The van der Waals surface area contributed by atoms with Crippen LogP contribution in [0.1, 0.15) is 0 Å². The fourth-order valence-corrected chi connectivity index (χ4v) is 0.862. The van der Waals surface area contributed by atoms with Gasteiger partial charge in [-0.25, -0.2) is 0 Å². The van der Waals surface area contributed by atoms with Crippen LogP contribution in [0.15, 0.2) is 10.8 Å². The molecule has 1 radical (unpaired) electrons. The van der Waals surface area contributed by atoms with E-state index in [0.717, 1.165) is 0 Å². The van der Waals surface area contributed by atoms with Crippen LogP contribution in [0.4, 0.5) is 5.69 Å². The van der Waals surface area contributed by atoms with Crippen LogP contribution in [0.25, 0.3) is 0 Å². The normalized spacial score (nSPS) is 9.00. The van der Waals surface area contributed by atoms with Gasteiger partial charge in [0.05, 0.1) is 16.4 Å². The molecule has 3 nitrogen and oxygen atoms in total. The van der Waals surface area contributed by atoms with Crippen molar-refractivity contribution in [2.75, 3.05) is 0 Å². The average molecular weight is 128 g/mol. The third kappa shape index (κ3) is 0.840. The molecule has 0 unspecified atom stereocenters. The first-order valence-corrected chi connectivity index (χ1v) is 2.83. The van der Waals surface area contributed by atoms with Gasteiger partial charge in [-0.2, -0.15) is 0 Å². The van der Waals surface area contributed by atoms with Gasteiger partial charge in [0.15, 0.2) is 0 Å². The molecule has 1 heterocycles. The van der Waals surface area contributed by atoms with Gasteiger partial charge in [0.2, 0.25) is 0 Å². The number of rotatable bonds is 1. The summed E-state index contributed by atoms with van der Waals surface area (Å²) in [6, 6.07) is 2.46. The third-order valence-corrected chi connectivity index (χ3v) is 1.26. The summed E-state index contributed by atoms with van der Waals surface area (Å²) < 4.78 is 0. The summed E-state index contributed by atoms with van der Waals surface area (Å²) in [4.78, 5) is 9.38. The molecule has 1 aromatic heterocycles. The lowest BCUT2D eigenvalue weighted by Crippen LogP contribution is -1.82. The van der Waals surface area contributed by atoms with E-state index in [1.165, 1.54) is 16.7 Å². The van der Waals surface area contributed by atoms with E-state index < -0.39 is 4.92 Å². The van der Waals surface area contributed by atoms with Crippen LogP contribution in [-0.4, -0.2) is 4.92 Å². The Morgan fingerprint density at radius 3 is 2.88 bits per heavy atom. The van der Waals surface area contributed by atoms with E-state index in [1.54, 1.807) is 5.38 Å². The van der Waals surface area contributed by atoms with Crippen LogP contribution in [0.5, 0.6) is 0 Å². The summed E-state index contributed by atoms with van der Waals surface area (Å²) in [5.41, 5.74) is 0.0509. The SMILES string of the molecule is O=[N+]([O-])c1[c]csc1. The Bertz CT molecular complexity index is 182. The van der Waals surface area contributed by atoms with Crippen molar-refractivity contribution in [3.05, 3.63) is 26.9 Å². The lowest BCUT2D eigenvalue weighted by Gasteiger charge is -1.76. The van der Waals surface area contributed by atoms with Crippen molar-refractivity contribution in [1.29, 1.82) is 0 Å². The molecule has 0 atom stereocenters. The molecule has 0 amide bonds. The fourth-order valence-electron chi connectivity index (χ4n) is 0.323. The lowest BCUT2D eigenvalue weighted by molar-refractivity contribution is -0.384. The van der Waals surface area contributed by atoms with Gasteiger partial charge in [-0.05, 0) is 0 Å². The molecule has 41 valence electrons. The summed E-state index contributed by atoms with van der Waals surface area (Å²) in [6.07, 6.45) is 0. The van der Waals surface area contributed by atoms with E-state index in [-0.39, 0.29) is 5.69 Å². The second kappa shape index (κ2) is 1.92. The Kier molecular flexibility index (Phi) is 1.26. The second-order valence-corrected chi connectivity index (χ2v) is 1.90. The van der Waals surface area contributed by atoms with Crippen molar-refractivity contribution < 1.29 is 4.92 Å².